The molecule has 1 aromatic carbocycles. The molecule has 2 rings (SSSR count). The van der Waals surface area contributed by atoms with Crippen LogP contribution in [0.25, 0.3) is 0 Å². The second kappa shape index (κ2) is 5.78. The summed E-state index contributed by atoms with van der Waals surface area (Å²) in [6.45, 7) is 1.58. The first-order valence-corrected chi connectivity index (χ1v) is 7.90. The van der Waals surface area contributed by atoms with E-state index in [1.54, 1.807) is 6.92 Å². The van der Waals surface area contributed by atoms with Crippen molar-refractivity contribution in [3.8, 4) is 0 Å². The molecule has 0 saturated carbocycles. The molecule has 21 heavy (non-hydrogen) atoms. The number of aromatic nitrogens is 2. The van der Waals surface area contributed by atoms with E-state index in [1.807, 2.05) is 0 Å². The number of hydrogen-bond acceptors (Lipinski definition) is 5. The summed E-state index contributed by atoms with van der Waals surface area (Å²) >= 11 is 3.16. The molecule has 0 spiro atoms. The largest absolute Gasteiger partial charge is 0.478 e. The van der Waals surface area contributed by atoms with Crippen molar-refractivity contribution < 1.29 is 18.3 Å². The Morgan fingerprint density at radius 3 is 2.48 bits per heavy atom. The Hall–Kier alpha value is -2.00. The Morgan fingerprint density at radius 2 is 1.90 bits per heavy atom. The zero-order chi connectivity index (χ0) is 15.6. The van der Waals surface area contributed by atoms with Gasteiger partial charge in [0, 0.05) is 4.47 Å². The van der Waals surface area contributed by atoms with Gasteiger partial charge in [0.05, 0.1) is 28.5 Å². The minimum atomic E-state index is -3.95. The Labute approximate surface area is 129 Å². The van der Waals surface area contributed by atoms with E-state index in [9.17, 15) is 13.2 Å². The lowest BCUT2D eigenvalue weighted by Gasteiger charge is -2.12. The molecule has 0 amide bonds. The van der Waals surface area contributed by atoms with Gasteiger partial charge < -0.3 is 5.11 Å². The second-order valence-corrected chi connectivity index (χ2v) is 6.62. The Morgan fingerprint density at radius 1 is 1.29 bits per heavy atom. The molecule has 0 bridgehead atoms. The van der Waals surface area contributed by atoms with Crippen molar-refractivity contribution in [1.82, 2.24) is 9.97 Å². The summed E-state index contributed by atoms with van der Waals surface area (Å²) in [6, 6.07) is 2.46. The van der Waals surface area contributed by atoms with Crippen LogP contribution >= 0.6 is 15.9 Å². The summed E-state index contributed by atoms with van der Waals surface area (Å²) in [5.74, 6) is -1.21. The fourth-order valence-electron chi connectivity index (χ4n) is 1.62. The van der Waals surface area contributed by atoms with Crippen LogP contribution in [0.4, 0.5) is 5.69 Å². The van der Waals surface area contributed by atoms with E-state index < -0.39 is 16.0 Å². The van der Waals surface area contributed by atoms with Crippen LogP contribution in [0, 0.1) is 6.92 Å². The highest BCUT2D eigenvalue weighted by Gasteiger charge is 2.21. The highest BCUT2D eigenvalue weighted by molar-refractivity contribution is 9.10. The smallest absolute Gasteiger partial charge is 0.335 e. The number of carbonyl (C=O) groups is 1. The zero-order valence-corrected chi connectivity index (χ0v) is 13.1. The highest BCUT2D eigenvalue weighted by Crippen LogP contribution is 2.27. The van der Waals surface area contributed by atoms with E-state index >= 15 is 0 Å². The van der Waals surface area contributed by atoms with Crippen molar-refractivity contribution in [1.29, 1.82) is 0 Å². The van der Waals surface area contributed by atoms with Crippen molar-refractivity contribution in [2.24, 2.45) is 0 Å². The third-order valence-electron chi connectivity index (χ3n) is 2.65. The number of aromatic carboxylic acids is 1. The molecule has 7 nitrogen and oxygen atoms in total. The molecule has 110 valence electrons. The molecule has 0 fully saturated rings. The first-order valence-electron chi connectivity index (χ1n) is 5.62. The van der Waals surface area contributed by atoms with E-state index in [2.05, 4.69) is 30.6 Å². The number of benzene rings is 1. The first kappa shape index (κ1) is 15.4. The van der Waals surface area contributed by atoms with Gasteiger partial charge in [0.2, 0.25) is 0 Å². The monoisotopic (exact) mass is 371 g/mol. The van der Waals surface area contributed by atoms with Gasteiger partial charge in [0.15, 0.2) is 0 Å². The van der Waals surface area contributed by atoms with Crippen LogP contribution in [-0.4, -0.2) is 29.5 Å². The lowest BCUT2D eigenvalue weighted by atomic mass is 10.1. The minimum Gasteiger partial charge on any atom is -0.478 e. The predicted octanol–water partition coefficient (Wildman–Crippen LogP) is 2.05. The number of sulfonamides is 1. The van der Waals surface area contributed by atoms with Gasteiger partial charge in [-0.05, 0) is 24.6 Å². The molecule has 0 aliphatic heterocycles. The van der Waals surface area contributed by atoms with Crippen molar-refractivity contribution in [2.45, 2.75) is 11.8 Å². The molecule has 1 aromatic heterocycles. The summed E-state index contributed by atoms with van der Waals surface area (Å²) in [5.41, 5.74) is 0.468. The summed E-state index contributed by atoms with van der Waals surface area (Å²) in [7, 11) is -3.95. The van der Waals surface area contributed by atoms with E-state index in [1.165, 1.54) is 24.8 Å². The van der Waals surface area contributed by atoms with Gasteiger partial charge in [-0.25, -0.2) is 23.2 Å². The number of rotatable bonds is 4. The number of carboxylic acids is 1. The van der Waals surface area contributed by atoms with Crippen LogP contribution in [0.15, 0.2) is 40.2 Å². The van der Waals surface area contributed by atoms with Crippen molar-refractivity contribution >= 4 is 37.6 Å². The van der Waals surface area contributed by atoms with Crippen LogP contribution in [0.1, 0.15) is 15.9 Å². The topological polar surface area (TPSA) is 109 Å². The SMILES string of the molecule is Cc1c(Br)cc(C(=O)O)cc1S(=O)(=O)Nc1cncnc1. The van der Waals surface area contributed by atoms with Crippen molar-refractivity contribution in [2.75, 3.05) is 4.72 Å². The lowest BCUT2D eigenvalue weighted by molar-refractivity contribution is 0.0696. The molecule has 9 heteroatoms. The Kier molecular flexibility index (Phi) is 4.24. The zero-order valence-electron chi connectivity index (χ0n) is 10.7. The predicted molar refractivity (Wildman–Crippen MR) is 78.7 cm³/mol. The van der Waals surface area contributed by atoms with Gasteiger partial charge in [-0.3, -0.25) is 4.72 Å². The standard InChI is InChI=1S/C12H10BrN3O4S/c1-7-10(13)2-8(12(17)18)3-11(7)21(19,20)16-9-4-14-6-15-5-9/h2-6,16H,1H3,(H,17,18). The summed E-state index contributed by atoms with van der Waals surface area (Å²) in [6.07, 6.45) is 3.87. The summed E-state index contributed by atoms with van der Waals surface area (Å²) in [5, 5.41) is 9.02. The van der Waals surface area contributed by atoms with E-state index in [4.69, 9.17) is 5.11 Å². The number of hydrogen-bond donors (Lipinski definition) is 2. The molecule has 0 atom stereocenters. The molecular formula is C12H10BrN3O4S. The normalized spacial score (nSPS) is 11.1. The molecule has 0 aliphatic rings. The number of nitrogens with one attached hydrogen (secondary N) is 1. The maximum atomic E-state index is 12.4. The molecule has 0 aliphatic carbocycles. The van der Waals surface area contributed by atoms with Crippen molar-refractivity contribution in [3.63, 3.8) is 0 Å². The minimum absolute atomic E-state index is 0.127. The lowest BCUT2D eigenvalue weighted by Crippen LogP contribution is -2.16. The van der Waals surface area contributed by atoms with Gasteiger partial charge in [0.1, 0.15) is 6.33 Å². The van der Waals surface area contributed by atoms with Gasteiger partial charge in [-0.1, -0.05) is 15.9 Å². The highest BCUT2D eigenvalue weighted by atomic mass is 79.9. The van der Waals surface area contributed by atoms with Crippen LogP contribution < -0.4 is 4.72 Å². The first-order chi connectivity index (χ1) is 9.81. The molecule has 1 heterocycles. The maximum absolute atomic E-state index is 12.4. The van der Waals surface area contributed by atoms with Crippen LogP contribution in [0.5, 0.6) is 0 Å². The maximum Gasteiger partial charge on any atom is 0.335 e. The Bertz CT molecular complexity index is 794. The molecule has 2 aromatic rings. The molecule has 0 radical (unpaired) electrons. The average molecular weight is 372 g/mol. The number of carboxylic acid groups (broad SMARTS) is 1. The third kappa shape index (κ3) is 3.37. The number of nitrogens with zero attached hydrogens (tertiary/aromatic N) is 2. The van der Waals surface area contributed by atoms with Gasteiger partial charge in [-0.2, -0.15) is 0 Å². The molecule has 0 unspecified atom stereocenters. The van der Waals surface area contributed by atoms with Crippen LogP contribution in [0.2, 0.25) is 0 Å². The van der Waals surface area contributed by atoms with Gasteiger partial charge in [-0.15, -0.1) is 0 Å². The molecule has 0 saturated heterocycles. The fourth-order valence-corrected chi connectivity index (χ4v) is 3.53. The molecule has 2 N–H and O–H groups in total. The fraction of sp³-hybridized carbons (Fsp3) is 0.0833. The van der Waals surface area contributed by atoms with E-state index in [0.29, 0.717) is 10.0 Å². The van der Waals surface area contributed by atoms with Crippen LogP contribution in [0.3, 0.4) is 0 Å². The van der Waals surface area contributed by atoms with E-state index in [-0.39, 0.29) is 16.1 Å². The summed E-state index contributed by atoms with van der Waals surface area (Å²) < 4.78 is 27.4. The Balaban J connectivity index is 2.52. The quantitative estimate of drug-likeness (QED) is 0.850. The summed E-state index contributed by atoms with van der Waals surface area (Å²) in [4.78, 5) is 18.3. The molecular weight excluding hydrogens is 362 g/mol. The number of halogens is 1. The third-order valence-corrected chi connectivity index (χ3v) is 4.98. The number of anilines is 1. The van der Waals surface area contributed by atoms with Crippen LogP contribution in [-0.2, 0) is 10.0 Å². The average Bonchev–Trinajstić information content (AvgIpc) is 2.41. The van der Waals surface area contributed by atoms with Gasteiger partial charge >= 0.3 is 5.97 Å². The van der Waals surface area contributed by atoms with Gasteiger partial charge in [0.25, 0.3) is 10.0 Å². The van der Waals surface area contributed by atoms with E-state index in [0.717, 1.165) is 6.07 Å². The second-order valence-electron chi connectivity index (χ2n) is 4.12. The van der Waals surface area contributed by atoms with Crippen molar-refractivity contribution in [3.05, 3.63) is 46.5 Å².